The first-order valence-electron chi connectivity index (χ1n) is 6.41. The molecule has 1 aliphatic rings. The molecule has 0 aromatic heterocycles. The summed E-state index contributed by atoms with van der Waals surface area (Å²) in [5.41, 5.74) is 6.35. The second kappa shape index (κ2) is 7.29. The third-order valence-corrected chi connectivity index (χ3v) is 4.35. The molecule has 6 heteroatoms. The summed E-state index contributed by atoms with van der Waals surface area (Å²) in [4.78, 5) is 14.5. The largest absolute Gasteiger partial charge is 0.497 e. The maximum atomic E-state index is 12.6. The van der Waals surface area contributed by atoms with E-state index >= 15 is 0 Å². The molecule has 0 saturated carbocycles. The van der Waals surface area contributed by atoms with Crippen molar-refractivity contribution in [2.75, 3.05) is 20.2 Å². The Kier molecular flexibility index (Phi) is 6.30. The van der Waals surface area contributed by atoms with Crippen LogP contribution in [0.25, 0.3) is 0 Å². The molecule has 0 bridgehead atoms. The van der Waals surface area contributed by atoms with Gasteiger partial charge in [0.1, 0.15) is 5.75 Å². The van der Waals surface area contributed by atoms with Gasteiger partial charge in [0.25, 0.3) is 5.91 Å². The SMILES string of the molecule is COc1ccc(Br)c(C(=O)N2CC(CN)CC2C)c1.Cl. The number of nitrogens with zero attached hydrogens (tertiary/aromatic N) is 1. The fourth-order valence-electron chi connectivity index (χ4n) is 2.55. The number of likely N-dealkylation sites (tertiary alicyclic amines) is 1. The third-order valence-electron chi connectivity index (χ3n) is 3.66. The molecule has 0 radical (unpaired) electrons. The van der Waals surface area contributed by atoms with E-state index in [4.69, 9.17) is 10.5 Å². The van der Waals surface area contributed by atoms with Gasteiger partial charge in [-0.25, -0.2) is 0 Å². The summed E-state index contributed by atoms with van der Waals surface area (Å²) in [6, 6.07) is 5.68. The molecule has 112 valence electrons. The van der Waals surface area contributed by atoms with Gasteiger partial charge in [0.05, 0.1) is 12.7 Å². The van der Waals surface area contributed by atoms with Crippen LogP contribution in [0.2, 0.25) is 0 Å². The van der Waals surface area contributed by atoms with Crippen molar-refractivity contribution in [3.05, 3.63) is 28.2 Å². The highest BCUT2D eigenvalue weighted by molar-refractivity contribution is 9.10. The van der Waals surface area contributed by atoms with Crippen molar-refractivity contribution >= 4 is 34.2 Å². The predicted octanol–water partition coefficient (Wildman–Crippen LogP) is 2.69. The lowest BCUT2D eigenvalue weighted by molar-refractivity contribution is 0.0742. The number of amides is 1. The summed E-state index contributed by atoms with van der Waals surface area (Å²) in [5.74, 6) is 1.13. The van der Waals surface area contributed by atoms with Gasteiger partial charge in [0.2, 0.25) is 0 Å². The van der Waals surface area contributed by atoms with Crippen molar-refractivity contribution in [3.8, 4) is 5.75 Å². The Morgan fingerprint density at radius 3 is 2.80 bits per heavy atom. The Morgan fingerprint density at radius 1 is 1.55 bits per heavy atom. The summed E-state index contributed by atoms with van der Waals surface area (Å²) in [6.45, 7) is 3.44. The number of carbonyl (C=O) groups excluding carboxylic acids is 1. The molecule has 1 fully saturated rings. The van der Waals surface area contributed by atoms with Crippen LogP contribution < -0.4 is 10.5 Å². The number of carbonyl (C=O) groups is 1. The van der Waals surface area contributed by atoms with Crippen LogP contribution in [0.4, 0.5) is 0 Å². The van der Waals surface area contributed by atoms with Crippen LogP contribution in [-0.2, 0) is 0 Å². The molecule has 1 amide bonds. The van der Waals surface area contributed by atoms with Crippen molar-refractivity contribution in [2.24, 2.45) is 11.7 Å². The Balaban J connectivity index is 0.00000200. The van der Waals surface area contributed by atoms with Gasteiger partial charge in [-0.2, -0.15) is 0 Å². The molecule has 1 saturated heterocycles. The molecule has 2 rings (SSSR count). The average Bonchev–Trinajstić information content (AvgIpc) is 2.80. The number of benzene rings is 1. The first-order chi connectivity index (χ1) is 9.06. The number of methoxy groups -OCH3 is 1. The van der Waals surface area contributed by atoms with E-state index in [0.717, 1.165) is 17.4 Å². The Morgan fingerprint density at radius 2 is 2.25 bits per heavy atom. The molecular formula is C14H20BrClN2O2. The Bertz CT molecular complexity index is 484. The van der Waals surface area contributed by atoms with E-state index in [-0.39, 0.29) is 24.4 Å². The molecule has 4 nitrogen and oxygen atoms in total. The fraction of sp³-hybridized carbons (Fsp3) is 0.500. The smallest absolute Gasteiger partial charge is 0.255 e. The zero-order valence-electron chi connectivity index (χ0n) is 11.6. The minimum atomic E-state index is 0. The number of hydrogen-bond acceptors (Lipinski definition) is 3. The molecule has 1 aliphatic heterocycles. The molecule has 1 heterocycles. The molecule has 1 aromatic carbocycles. The lowest BCUT2D eigenvalue weighted by atomic mass is 10.1. The van der Waals surface area contributed by atoms with Crippen molar-refractivity contribution in [1.29, 1.82) is 0 Å². The second-order valence-corrected chi connectivity index (χ2v) is 5.84. The minimum Gasteiger partial charge on any atom is -0.497 e. The van der Waals surface area contributed by atoms with E-state index in [2.05, 4.69) is 22.9 Å². The van der Waals surface area contributed by atoms with Crippen LogP contribution in [-0.4, -0.2) is 37.0 Å². The number of halogens is 2. The van der Waals surface area contributed by atoms with Crippen LogP contribution in [0.3, 0.4) is 0 Å². The Labute approximate surface area is 134 Å². The van der Waals surface area contributed by atoms with Gasteiger partial charge in [0, 0.05) is 17.1 Å². The molecule has 2 N–H and O–H groups in total. The van der Waals surface area contributed by atoms with Gasteiger partial charge in [-0.3, -0.25) is 4.79 Å². The maximum Gasteiger partial charge on any atom is 0.255 e. The number of hydrogen-bond donors (Lipinski definition) is 1. The zero-order valence-corrected chi connectivity index (χ0v) is 14.0. The summed E-state index contributed by atoms with van der Waals surface area (Å²) in [6.07, 6.45) is 0.976. The highest BCUT2D eigenvalue weighted by Crippen LogP contribution is 2.28. The van der Waals surface area contributed by atoms with Crippen molar-refractivity contribution in [2.45, 2.75) is 19.4 Å². The maximum absolute atomic E-state index is 12.6. The minimum absolute atomic E-state index is 0. The number of rotatable bonds is 3. The molecule has 20 heavy (non-hydrogen) atoms. The third kappa shape index (κ3) is 3.45. The van der Waals surface area contributed by atoms with Crippen molar-refractivity contribution in [1.82, 2.24) is 4.90 Å². The highest BCUT2D eigenvalue weighted by atomic mass is 79.9. The van der Waals surface area contributed by atoms with Crippen LogP contribution in [0, 0.1) is 5.92 Å². The molecule has 0 spiro atoms. The van der Waals surface area contributed by atoms with E-state index in [1.165, 1.54) is 0 Å². The van der Waals surface area contributed by atoms with E-state index < -0.39 is 0 Å². The first kappa shape index (κ1) is 17.3. The van der Waals surface area contributed by atoms with E-state index in [1.54, 1.807) is 13.2 Å². The predicted molar refractivity (Wildman–Crippen MR) is 85.6 cm³/mol. The topological polar surface area (TPSA) is 55.6 Å². The fourth-order valence-corrected chi connectivity index (χ4v) is 2.96. The quantitative estimate of drug-likeness (QED) is 0.898. The monoisotopic (exact) mass is 362 g/mol. The van der Waals surface area contributed by atoms with Crippen molar-refractivity contribution < 1.29 is 9.53 Å². The van der Waals surface area contributed by atoms with Gasteiger partial charge < -0.3 is 15.4 Å². The van der Waals surface area contributed by atoms with Crippen LogP contribution in [0.1, 0.15) is 23.7 Å². The van der Waals surface area contributed by atoms with Gasteiger partial charge in [-0.1, -0.05) is 0 Å². The Hall–Kier alpha value is -0.780. The van der Waals surface area contributed by atoms with Crippen molar-refractivity contribution in [3.63, 3.8) is 0 Å². The lowest BCUT2D eigenvalue weighted by Crippen LogP contribution is -2.34. The van der Waals surface area contributed by atoms with Gasteiger partial charge >= 0.3 is 0 Å². The van der Waals surface area contributed by atoms with Crippen LogP contribution in [0.5, 0.6) is 5.75 Å². The summed E-state index contributed by atoms with van der Waals surface area (Å²) < 4.78 is 5.97. The molecule has 0 aliphatic carbocycles. The van der Waals surface area contributed by atoms with Gasteiger partial charge in [-0.15, -0.1) is 12.4 Å². The summed E-state index contributed by atoms with van der Waals surface area (Å²) >= 11 is 3.43. The first-order valence-corrected chi connectivity index (χ1v) is 7.20. The van der Waals surface area contributed by atoms with E-state index in [0.29, 0.717) is 23.8 Å². The van der Waals surface area contributed by atoms with Crippen LogP contribution in [0.15, 0.2) is 22.7 Å². The average molecular weight is 364 g/mol. The lowest BCUT2D eigenvalue weighted by Gasteiger charge is -2.22. The second-order valence-electron chi connectivity index (χ2n) is 4.99. The van der Waals surface area contributed by atoms with Crippen LogP contribution >= 0.6 is 28.3 Å². The molecule has 2 atom stereocenters. The molecular weight excluding hydrogens is 344 g/mol. The molecule has 2 unspecified atom stereocenters. The molecule has 1 aromatic rings. The summed E-state index contributed by atoms with van der Waals surface area (Å²) in [7, 11) is 1.60. The van der Waals surface area contributed by atoms with Gasteiger partial charge in [0.15, 0.2) is 0 Å². The van der Waals surface area contributed by atoms with E-state index in [9.17, 15) is 4.79 Å². The van der Waals surface area contributed by atoms with Gasteiger partial charge in [-0.05, 0) is 59.9 Å². The van der Waals surface area contributed by atoms with E-state index in [1.807, 2.05) is 17.0 Å². The standard InChI is InChI=1S/C14H19BrN2O2.ClH/c1-9-5-10(7-16)8-17(9)14(18)12-6-11(19-2)3-4-13(12)15;/h3-4,6,9-10H,5,7-8,16H2,1-2H3;1H. The number of nitrogens with two attached hydrogens (primary N) is 1. The zero-order chi connectivity index (χ0) is 14.0. The normalized spacial score (nSPS) is 21.5. The number of ether oxygens (including phenoxy) is 1. The highest BCUT2D eigenvalue weighted by Gasteiger charge is 2.32. The summed E-state index contributed by atoms with van der Waals surface area (Å²) in [5, 5.41) is 0.